The van der Waals surface area contributed by atoms with Crippen LogP contribution in [0.15, 0.2) is 36.4 Å². The molecule has 41 heavy (non-hydrogen) atoms. The Morgan fingerprint density at radius 2 is 0.610 bits per heavy atom. The quantitative estimate of drug-likeness (QED) is 0.331. The van der Waals surface area contributed by atoms with Crippen molar-refractivity contribution >= 4 is 0 Å². The Morgan fingerprint density at radius 1 is 0.390 bits per heavy atom. The van der Waals surface area contributed by atoms with E-state index in [0.29, 0.717) is 12.1 Å². The van der Waals surface area contributed by atoms with Gasteiger partial charge in [0.05, 0.1) is 0 Å². The largest absolute Gasteiger partial charge is 0.508 e. The van der Waals surface area contributed by atoms with Crippen LogP contribution in [-0.2, 0) is 17.3 Å². The van der Waals surface area contributed by atoms with Crippen LogP contribution in [-0.4, -0.2) is 47.3 Å². The molecule has 20 heteroatoms. The molecule has 0 unspecified atom stereocenters. The first-order valence-electron chi connectivity index (χ1n) is 10.0. The minimum absolute atomic E-state index is 0.143. The lowest BCUT2D eigenvalue weighted by Crippen LogP contribution is -2.63. The molecule has 2 rings (SSSR count). The molecule has 0 atom stereocenters. The number of alkyl halides is 18. The van der Waals surface area contributed by atoms with Gasteiger partial charge in [0.1, 0.15) is 11.5 Å². The van der Waals surface area contributed by atoms with E-state index in [1.165, 1.54) is 0 Å². The van der Waals surface area contributed by atoms with Crippen molar-refractivity contribution in [2.45, 2.75) is 54.3 Å². The average Bonchev–Trinajstić information content (AvgIpc) is 2.67. The molecule has 0 fully saturated rings. The lowest BCUT2D eigenvalue weighted by atomic mass is 9.75. The second-order valence-electron chi connectivity index (χ2n) is 8.37. The van der Waals surface area contributed by atoms with Crippen LogP contribution in [0.1, 0.15) is 22.3 Å². The minimum Gasteiger partial charge on any atom is -0.508 e. The van der Waals surface area contributed by atoms with Gasteiger partial charge in [0.15, 0.2) is 0 Å². The monoisotopic (exact) mass is 636 g/mol. The topological polar surface area (TPSA) is 40.5 Å². The van der Waals surface area contributed by atoms with Crippen LogP contribution in [0.3, 0.4) is 0 Å². The Morgan fingerprint density at radius 3 is 0.805 bits per heavy atom. The van der Waals surface area contributed by atoms with E-state index in [-0.39, 0.29) is 12.1 Å². The van der Waals surface area contributed by atoms with Gasteiger partial charge in [-0.3, -0.25) is 0 Å². The number of halogens is 18. The predicted molar refractivity (Wildman–Crippen MR) is 98.7 cm³/mol. The van der Waals surface area contributed by atoms with Crippen molar-refractivity contribution in [1.29, 1.82) is 0 Å². The molecule has 2 N–H and O–H groups in total. The fourth-order valence-corrected chi connectivity index (χ4v) is 4.10. The van der Waals surface area contributed by atoms with Gasteiger partial charge in [-0.2, -0.15) is 79.0 Å². The minimum atomic E-state index is -7.24. The molecule has 0 spiro atoms. The van der Waals surface area contributed by atoms with Crippen molar-refractivity contribution in [1.82, 2.24) is 0 Å². The number of benzene rings is 2. The number of aromatic hydroxyl groups is 2. The molecule has 2 aromatic rings. The summed E-state index contributed by atoms with van der Waals surface area (Å²) in [4.78, 5) is 0. The van der Waals surface area contributed by atoms with Gasteiger partial charge in [0.25, 0.3) is 10.8 Å². The molecular formula is C21H10F18O2. The third kappa shape index (κ3) is 5.17. The Kier molecular flexibility index (Phi) is 8.02. The van der Waals surface area contributed by atoms with Crippen LogP contribution in [0.2, 0.25) is 0 Å². The third-order valence-electron chi connectivity index (χ3n) is 5.89. The van der Waals surface area contributed by atoms with Gasteiger partial charge in [0.2, 0.25) is 0 Å². The zero-order chi connectivity index (χ0) is 32.4. The zero-order valence-corrected chi connectivity index (χ0v) is 18.9. The summed E-state index contributed by atoms with van der Waals surface area (Å²) in [6, 6.07) is -0.833. The first-order valence-corrected chi connectivity index (χ1v) is 10.0. The maximum absolute atomic E-state index is 13.5. The normalized spacial score (nSPS) is 14.9. The van der Waals surface area contributed by atoms with E-state index >= 15 is 0 Å². The van der Waals surface area contributed by atoms with Crippen molar-refractivity contribution in [3.05, 3.63) is 58.7 Å². The summed E-state index contributed by atoms with van der Waals surface area (Å²) in [5, 5.41) is 19.1. The van der Waals surface area contributed by atoms with E-state index in [4.69, 9.17) is 0 Å². The first-order chi connectivity index (χ1) is 18.0. The van der Waals surface area contributed by atoms with Gasteiger partial charge in [-0.25, -0.2) is 0 Å². The summed E-state index contributed by atoms with van der Waals surface area (Å²) in [7, 11) is 0. The Balaban J connectivity index is 2.89. The summed E-state index contributed by atoms with van der Waals surface area (Å²) >= 11 is 0. The highest BCUT2D eigenvalue weighted by Gasteiger charge is 2.86. The van der Waals surface area contributed by atoms with E-state index in [2.05, 4.69) is 0 Å². The number of phenolic OH excluding ortho intramolecular Hbond substituents is 2. The second-order valence-corrected chi connectivity index (χ2v) is 8.37. The van der Waals surface area contributed by atoms with Gasteiger partial charge in [-0.05, 0) is 29.7 Å². The maximum Gasteiger partial charge on any atom is 0.416 e. The van der Waals surface area contributed by atoms with Crippen LogP contribution in [0.5, 0.6) is 11.5 Å². The second kappa shape index (κ2) is 9.67. The van der Waals surface area contributed by atoms with E-state index < -0.39 is 100 Å². The van der Waals surface area contributed by atoms with Crippen LogP contribution in [0.4, 0.5) is 79.0 Å². The summed E-state index contributed by atoms with van der Waals surface area (Å²) in [6.07, 6.45) is -44.9. The summed E-state index contributed by atoms with van der Waals surface area (Å²) in [5.41, 5.74) is -21.6. The van der Waals surface area contributed by atoms with Gasteiger partial charge >= 0.3 is 37.1 Å². The van der Waals surface area contributed by atoms with E-state index in [1.807, 2.05) is 0 Å². The van der Waals surface area contributed by atoms with E-state index in [9.17, 15) is 89.2 Å². The van der Waals surface area contributed by atoms with E-state index in [1.54, 1.807) is 0 Å². The van der Waals surface area contributed by atoms with E-state index in [0.717, 1.165) is 0 Å². The van der Waals surface area contributed by atoms with Gasteiger partial charge in [-0.1, -0.05) is 24.3 Å². The molecule has 2 aromatic carbocycles. The molecule has 0 saturated carbocycles. The standard InChI is InChI=1S/C21H10F18O2/c22-16(23,24)14(17(25,26)27,18(28,29)30)10-6-8(1-3-12(10)40)5-9-2-4-13(41)11(7-9)15(19(31,32)33,20(34,35)36)21(37,38)39/h1-4,6-7,40-41H,5H2. The SMILES string of the molecule is Oc1ccc(Cc2ccc(O)c(C(C(F)(F)F)(C(F)(F)F)C(F)(F)F)c2)cc1C(C(F)(F)F)(C(F)(F)F)C(F)(F)F. The summed E-state index contributed by atoms with van der Waals surface area (Å²) < 4.78 is 242. The maximum atomic E-state index is 13.5. The van der Waals surface area contributed by atoms with Crippen LogP contribution in [0, 0.1) is 0 Å². The highest BCUT2D eigenvalue weighted by Crippen LogP contribution is 2.63. The molecule has 232 valence electrons. The molecule has 0 saturated heterocycles. The van der Waals surface area contributed by atoms with Gasteiger partial charge in [-0.15, -0.1) is 0 Å². The summed E-state index contributed by atoms with van der Waals surface area (Å²) in [6.45, 7) is 0. The van der Waals surface area contributed by atoms with Crippen molar-refractivity contribution in [3.63, 3.8) is 0 Å². The van der Waals surface area contributed by atoms with Crippen molar-refractivity contribution < 1.29 is 89.2 Å². The number of rotatable bonds is 4. The first kappa shape index (κ1) is 34.0. The summed E-state index contributed by atoms with van der Waals surface area (Å²) in [5.74, 6) is -4.48. The molecule has 0 aliphatic heterocycles. The molecule has 0 radical (unpaired) electrons. The van der Waals surface area contributed by atoms with Crippen molar-refractivity contribution in [2.75, 3.05) is 0 Å². The molecule has 0 amide bonds. The molecule has 0 aliphatic carbocycles. The fraction of sp³-hybridized carbons (Fsp3) is 0.429. The van der Waals surface area contributed by atoms with Crippen LogP contribution >= 0.6 is 0 Å². The van der Waals surface area contributed by atoms with Gasteiger partial charge in [0, 0.05) is 11.1 Å². The lowest BCUT2D eigenvalue weighted by Gasteiger charge is -2.39. The third-order valence-corrected chi connectivity index (χ3v) is 5.89. The Bertz CT molecular complexity index is 1090. The highest BCUT2D eigenvalue weighted by atomic mass is 19.4. The van der Waals surface area contributed by atoms with Crippen molar-refractivity contribution in [3.8, 4) is 11.5 Å². The molecule has 0 aromatic heterocycles. The smallest absolute Gasteiger partial charge is 0.416 e. The molecule has 0 bridgehead atoms. The number of hydrogen-bond donors (Lipinski definition) is 2. The molecule has 2 nitrogen and oxygen atoms in total. The van der Waals surface area contributed by atoms with Gasteiger partial charge < -0.3 is 10.2 Å². The molecule has 0 aliphatic rings. The molecular weight excluding hydrogens is 626 g/mol. The van der Waals surface area contributed by atoms with Crippen molar-refractivity contribution in [2.24, 2.45) is 0 Å². The average molecular weight is 636 g/mol. The Labute approximate surface area is 214 Å². The predicted octanol–water partition coefficient (Wildman–Crippen LogP) is 8.54. The van der Waals surface area contributed by atoms with Crippen LogP contribution in [0.25, 0.3) is 0 Å². The number of phenols is 2. The number of hydrogen-bond acceptors (Lipinski definition) is 2. The van der Waals surface area contributed by atoms with Crippen LogP contribution < -0.4 is 0 Å². The lowest BCUT2D eigenvalue weighted by molar-refractivity contribution is -0.389. The fourth-order valence-electron chi connectivity index (χ4n) is 4.10. The highest BCUT2D eigenvalue weighted by molar-refractivity contribution is 5.49. The zero-order valence-electron chi connectivity index (χ0n) is 18.9. The molecule has 0 heterocycles. The Hall–Kier alpha value is -3.22.